The molecule has 8 atom stereocenters. The SMILES string of the molecule is CC(C)C(C)C(C)C(C(=O)O)C(O)(C(=O)O)C(C(=O)O)(C(C)C(C)C(C)C)C(C)C(C)C(C)C. The predicted octanol–water partition coefficient (Wildman–Crippen LogP) is 5.36. The number of hydrogen-bond acceptors (Lipinski definition) is 4. The van der Waals surface area contributed by atoms with Crippen molar-refractivity contribution in [2.75, 3.05) is 0 Å². The standard InChI is InChI=1S/C27H50O7/c1-13(2)16(7)19(10)22(23(28)29)27(34,25(32)33)26(24(30)31,20(11)17(8)14(3)4)21(12)18(9)15(5)6/h13-22,34H,1-12H3,(H,28,29)(H,30,31)(H,32,33). The minimum Gasteiger partial charge on any atom is -0.481 e. The van der Waals surface area contributed by atoms with Gasteiger partial charge in [-0.2, -0.15) is 0 Å². The van der Waals surface area contributed by atoms with Crippen LogP contribution in [-0.2, 0) is 14.4 Å². The smallest absolute Gasteiger partial charge is 0.337 e. The average Bonchev–Trinajstić information content (AvgIpc) is 2.70. The molecule has 7 nitrogen and oxygen atoms in total. The molecule has 0 aromatic rings. The number of carboxylic acid groups (broad SMARTS) is 3. The van der Waals surface area contributed by atoms with Crippen LogP contribution in [0.25, 0.3) is 0 Å². The second-order valence-electron chi connectivity index (χ2n) is 11.8. The fraction of sp³-hybridized carbons (Fsp3) is 0.889. The molecular weight excluding hydrogens is 436 g/mol. The van der Waals surface area contributed by atoms with Crippen molar-refractivity contribution in [1.29, 1.82) is 0 Å². The highest BCUT2D eigenvalue weighted by atomic mass is 16.4. The number of carboxylic acids is 3. The molecule has 0 aromatic heterocycles. The summed E-state index contributed by atoms with van der Waals surface area (Å²) in [6.45, 7) is 21.9. The zero-order chi connectivity index (χ0) is 27.5. The second-order valence-corrected chi connectivity index (χ2v) is 11.8. The van der Waals surface area contributed by atoms with Crippen LogP contribution in [0.15, 0.2) is 0 Å². The molecule has 0 rings (SSSR count). The summed E-state index contributed by atoms with van der Waals surface area (Å²) >= 11 is 0. The van der Waals surface area contributed by atoms with Crippen LogP contribution in [0.2, 0.25) is 0 Å². The molecule has 0 radical (unpaired) electrons. The quantitative estimate of drug-likeness (QED) is 0.260. The van der Waals surface area contributed by atoms with Crippen LogP contribution in [0.5, 0.6) is 0 Å². The fourth-order valence-corrected chi connectivity index (χ4v) is 5.91. The van der Waals surface area contributed by atoms with Crippen LogP contribution in [0.1, 0.15) is 83.1 Å². The first kappa shape index (κ1) is 32.4. The van der Waals surface area contributed by atoms with Gasteiger partial charge in [0.05, 0.1) is 0 Å². The van der Waals surface area contributed by atoms with Crippen LogP contribution >= 0.6 is 0 Å². The summed E-state index contributed by atoms with van der Waals surface area (Å²) in [6, 6.07) is 0. The molecule has 0 saturated carbocycles. The van der Waals surface area contributed by atoms with E-state index in [1.54, 1.807) is 20.8 Å². The largest absolute Gasteiger partial charge is 0.481 e. The molecule has 0 aliphatic rings. The van der Waals surface area contributed by atoms with Crippen molar-refractivity contribution in [3.63, 3.8) is 0 Å². The van der Waals surface area contributed by atoms with Gasteiger partial charge in [0.2, 0.25) is 0 Å². The topological polar surface area (TPSA) is 132 Å². The summed E-state index contributed by atoms with van der Waals surface area (Å²) in [5.41, 5.74) is -5.29. The van der Waals surface area contributed by atoms with Crippen molar-refractivity contribution >= 4 is 17.9 Å². The summed E-state index contributed by atoms with van der Waals surface area (Å²) in [6.07, 6.45) is 0. The van der Waals surface area contributed by atoms with E-state index in [1.165, 1.54) is 0 Å². The normalized spacial score (nSPS) is 22.2. The van der Waals surface area contributed by atoms with Gasteiger partial charge < -0.3 is 20.4 Å². The van der Waals surface area contributed by atoms with E-state index in [2.05, 4.69) is 0 Å². The predicted molar refractivity (Wildman–Crippen MR) is 133 cm³/mol. The maximum absolute atomic E-state index is 13.3. The molecule has 34 heavy (non-hydrogen) atoms. The van der Waals surface area contributed by atoms with Gasteiger partial charge in [-0.05, 0) is 53.3 Å². The second kappa shape index (κ2) is 11.9. The van der Waals surface area contributed by atoms with Crippen molar-refractivity contribution in [3.05, 3.63) is 0 Å². The third-order valence-corrected chi connectivity index (χ3v) is 9.55. The van der Waals surface area contributed by atoms with Gasteiger partial charge in [0.25, 0.3) is 0 Å². The molecule has 0 bridgehead atoms. The Balaban J connectivity index is 7.77. The van der Waals surface area contributed by atoms with Gasteiger partial charge in [0, 0.05) is 0 Å². The van der Waals surface area contributed by atoms with E-state index in [-0.39, 0.29) is 35.5 Å². The number of aliphatic hydroxyl groups is 1. The van der Waals surface area contributed by atoms with Crippen molar-refractivity contribution in [3.8, 4) is 0 Å². The van der Waals surface area contributed by atoms with Crippen LogP contribution < -0.4 is 0 Å². The Morgan fingerprint density at radius 2 is 0.853 bits per heavy atom. The lowest BCUT2D eigenvalue weighted by atomic mass is 9.47. The summed E-state index contributed by atoms with van der Waals surface area (Å²) in [4.78, 5) is 39.1. The highest BCUT2D eigenvalue weighted by molar-refractivity contribution is 5.94. The Kier molecular flexibility index (Phi) is 11.3. The van der Waals surface area contributed by atoms with Gasteiger partial charge in [0.1, 0.15) is 11.3 Å². The summed E-state index contributed by atoms with van der Waals surface area (Å²) in [5.74, 6) is -9.89. The number of aliphatic carboxylic acids is 3. The van der Waals surface area contributed by atoms with E-state index in [1.807, 2.05) is 62.3 Å². The Labute approximate surface area is 206 Å². The highest BCUT2D eigenvalue weighted by Gasteiger charge is 2.72. The average molecular weight is 487 g/mol. The fourth-order valence-electron chi connectivity index (χ4n) is 5.91. The molecule has 0 aromatic carbocycles. The lowest BCUT2D eigenvalue weighted by Gasteiger charge is -2.55. The van der Waals surface area contributed by atoms with Crippen molar-refractivity contribution in [2.24, 2.45) is 64.6 Å². The molecule has 0 spiro atoms. The zero-order valence-electron chi connectivity index (χ0n) is 23.3. The van der Waals surface area contributed by atoms with E-state index in [0.29, 0.717) is 0 Å². The van der Waals surface area contributed by atoms with Crippen LogP contribution in [-0.4, -0.2) is 43.9 Å². The van der Waals surface area contributed by atoms with Gasteiger partial charge in [-0.3, -0.25) is 9.59 Å². The van der Waals surface area contributed by atoms with Crippen LogP contribution in [0, 0.1) is 64.6 Å². The summed E-state index contributed by atoms with van der Waals surface area (Å²) in [7, 11) is 0. The molecule has 0 amide bonds. The zero-order valence-corrected chi connectivity index (χ0v) is 23.3. The molecule has 8 unspecified atom stereocenters. The molecule has 0 fully saturated rings. The highest BCUT2D eigenvalue weighted by Crippen LogP contribution is 2.57. The van der Waals surface area contributed by atoms with Crippen molar-refractivity contribution in [1.82, 2.24) is 0 Å². The van der Waals surface area contributed by atoms with Gasteiger partial charge in [-0.25, -0.2) is 4.79 Å². The Hall–Kier alpha value is -1.63. The number of carbonyl (C=O) groups is 3. The maximum Gasteiger partial charge on any atom is 0.337 e. The third kappa shape index (κ3) is 5.44. The maximum atomic E-state index is 13.3. The summed E-state index contributed by atoms with van der Waals surface area (Å²) in [5, 5.41) is 44.0. The van der Waals surface area contributed by atoms with Gasteiger partial charge in [0.15, 0.2) is 5.60 Å². The number of hydrogen-bond donors (Lipinski definition) is 4. The first-order valence-electron chi connectivity index (χ1n) is 12.7. The molecule has 4 N–H and O–H groups in total. The van der Waals surface area contributed by atoms with Crippen LogP contribution in [0.3, 0.4) is 0 Å². The minimum atomic E-state index is -3.04. The van der Waals surface area contributed by atoms with E-state index in [0.717, 1.165) is 0 Å². The number of rotatable bonds is 14. The van der Waals surface area contributed by atoms with Crippen LogP contribution in [0.4, 0.5) is 0 Å². The molecule has 200 valence electrons. The lowest BCUT2D eigenvalue weighted by molar-refractivity contribution is -0.234. The van der Waals surface area contributed by atoms with Gasteiger partial charge >= 0.3 is 17.9 Å². The van der Waals surface area contributed by atoms with E-state index >= 15 is 0 Å². The molecule has 7 heteroatoms. The molecule has 0 heterocycles. The third-order valence-electron chi connectivity index (χ3n) is 9.55. The van der Waals surface area contributed by atoms with E-state index < -0.39 is 52.6 Å². The summed E-state index contributed by atoms with van der Waals surface area (Å²) < 4.78 is 0. The monoisotopic (exact) mass is 486 g/mol. The lowest BCUT2D eigenvalue weighted by Crippen LogP contribution is -2.71. The van der Waals surface area contributed by atoms with E-state index in [4.69, 9.17) is 0 Å². The molecule has 0 aliphatic carbocycles. The Morgan fingerprint density at radius 3 is 1.06 bits per heavy atom. The van der Waals surface area contributed by atoms with Crippen molar-refractivity contribution in [2.45, 2.75) is 88.7 Å². The first-order valence-corrected chi connectivity index (χ1v) is 12.7. The van der Waals surface area contributed by atoms with Gasteiger partial charge in [-0.1, -0.05) is 83.1 Å². The van der Waals surface area contributed by atoms with Crippen molar-refractivity contribution < 1.29 is 34.8 Å². The minimum absolute atomic E-state index is 0.00754. The molecule has 0 saturated heterocycles. The molecular formula is C27H50O7. The Bertz CT molecular complexity index is 694. The Morgan fingerprint density at radius 1 is 0.529 bits per heavy atom. The first-order chi connectivity index (χ1) is 15.3. The molecule has 0 aliphatic heterocycles. The van der Waals surface area contributed by atoms with E-state index in [9.17, 15) is 34.8 Å². The van der Waals surface area contributed by atoms with Gasteiger partial charge in [-0.15, -0.1) is 0 Å².